The van der Waals surface area contributed by atoms with Gasteiger partial charge in [0.15, 0.2) is 0 Å². The Balaban J connectivity index is 2.67. The van der Waals surface area contributed by atoms with E-state index in [1.54, 1.807) is 0 Å². The number of benzene rings is 1. The number of nitrogens with two attached hydrogens (primary N) is 1. The molecule has 14 heavy (non-hydrogen) atoms. The fourth-order valence-corrected chi connectivity index (χ4v) is 1.75. The summed E-state index contributed by atoms with van der Waals surface area (Å²) in [5, 5.41) is 8.91. The summed E-state index contributed by atoms with van der Waals surface area (Å²) in [7, 11) is 0. The van der Waals surface area contributed by atoms with Gasteiger partial charge in [-0.2, -0.15) is 0 Å². The Hall–Kier alpha value is -0.860. The summed E-state index contributed by atoms with van der Waals surface area (Å²) in [6.45, 7) is 2.34. The van der Waals surface area contributed by atoms with Crippen molar-refractivity contribution in [1.29, 1.82) is 0 Å². The topological polar surface area (TPSA) is 46.2 Å². The molecule has 3 N–H and O–H groups in total. The van der Waals surface area contributed by atoms with Crippen LogP contribution in [0.5, 0.6) is 0 Å². The molecule has 0 aliphatic heterocycles. The van der Waals surface area contributed by atoms with Crippen molar-refractivity contribution < 1.29 is 5.11 Å². The van der Waals surface area contributed by atoms with Gasteiger partial charge in [-0.1, -0.05) is 43.7 Å². The lowest BCUT2D eigenvalue weighted by Crippen LogP contribution is -2.21. The lowest BCUT2D eigenvalue weighted by molar-refractivity contribution is 0.239. The van der Waals surface area contributed by atoms with Crippen molar-refractivity contribution in [2.75, 3.05) is 6.61 Å². The normalized spacial score (nSPS) is 15.1. The first-order valence-corrected chi connectivity index (χ1v) is 5.21. The van der Waals surface area contributed by atoms with Gasteiger partial charge >= 0.3 is 0 Å². The molecule has 1 aromatic carbocycles. The summed E-state index contributed by atoms with van der Waals surface area (Å²) in [6.07, 6.45) is 1.79. The molecule has 0 radical (unpaired) electrons. The van der Waals surface area contributed by atoms with Crippen molar-refractivity contribution in [3.05, 3.63) is 35.9 Å². The second-order valence-corrected chi connectivity index (χ2v) is 3.62. The third kappa shape index (κ3) is 2.82. The molecule has 0 saturated heterocycles. The third-order valence-corrected chi connectivity index (χ3v) is 2.72. The highest BCUT2D eigenvalue weighted by atomic mass is 16.3. The third-order valence-electron chi connectivity index (χ3n) is 2.72. The van der Waals surface area contributed by atoms with Gasteiger partial charge in [-0.3, -0.25) is 0 Å². The maximum absolute atomic E-state index is 8.91. The Labute approximate surface area is 85.8 Å². The maximum atomic E-state index is 8.91. The Bertz CT molecular complexity index is 248. The fraction of sp³-hybridized carbons (Fsp3) is 0.500. The van der Waals surface area contributed by atoms with Crippen LogP contribution in [0.1, 0.15) is 31.4 Å². The SMILES string of the molecule is CC[C@H](CCO)[C@@H](N)c1ccccc1. The van der Waals surface area contributed by atoms with Crippen LogP contribution in [-0.2, 0) is 0 Å². The quantitative estimate of drug-likeness (QED) is 0.752. The molecule has 1 rings (SSSR count). The van der Waals surface area contributed by atoms with Gasteiger partial charge < -0.3 is 10.8 Å². The van der Waals surface area contributed by atoms with E-state index < -0.39 is 0 Å². The van der Waals surface area contributed by atoms with Gasteiger partial charge in [0.1, 0.15) is 0 Å². The molecule has 0 unspecified atom stereocenters. The molecule has 0 aromatic heterocycles. The van der Waals surface area contributed by atoms with Crippen LogP contribution in [0.15, 0.2) is 30.3 Å². The second-order valence-electron chi connectivity index (χ2n) is 3.62. The smallest absolute Gasteiger partial charge is 0.0434 e. The molecule has 0 heterocycles. The lowest BCUT2D eigenvalue weighted by atomic mass is 9.89. The predicted molar refractivity (Wildman–Crippen MR) is 58.9 cm³/mol. The number of aliphatic hydroxyl groups is 1. The van der Waals surface area contributed by atoms with E-state index in [0.717, 1.165) is 18.4 Å². The van der Waals surface area contributed by atoms with Crippen molar-refractivity contribution in [1.82, 2.24) is 0 Å². The van der Waals surface area contributed by atoms with Crippen LogP contribution in [0.2, 0.25) is 0 Å². The van der Waals surface area contributed by atoms with E-state index in [9.17, 15) is 0 Å². The van der Waals surface area contributed by atoms with Crippen molar-refractivity contribution in [3.63, 3.8) is 0 Å². The highest BCUT2D eigenvalue weighted by molar-refractivity contribution is 5.19. The van der Waals surface area contributed by atoms with E-state index >= 15 is 0 Å². The molecule has 2 atom stereocenters. The van der Waals surface area contributed by atoms with Crippen LogP contribution in [0, 0.1) is 5.92 Å². The molecule has 78 valence electrons. The molecule has 0 bridgehead atoms. The van der Waals surface area contributed by atoms with Crippen LogP contribution in [0.4, 0.5) is 0 Å². The Morgan fingerprint density at radius 3 is 2.43 bits per heavy atom. The molecule has 0 amide bonds. The zero-order valence-corrected chi connectivity index (χ0v) is 8.69. The average molecular weight is 193 g/mol. The summed E-state index contributed by atoms with van der Waals surface area (Å²) < 4.78 is 0. The maximum Gasteiger partial charge on any atom is 0.0434 e. The van der Waals surface area contributed by atoms with E-state index in [1.165, 1.54) is 0 Å². The second kappa shape index (κ2) is 5.78. The first kappa shape index (κ1) is 11.2. The summed E-state index contributed by atoms with van der Waals surface area (Å²) in [5.41, 5.74) is 7.28. The minimum absolute atomic E-state index is 0.0494. The number of hydrogen-bond donors (Lipinski definition) is 2. The van der Waals surface area contributed by atoms with Gasteiger partial charge in [0.25, 0.3) is 0 Å². The van der Waals surface area contributed by atoms with Crippen LogP contribution in [-0.4, -0.2) is 11.7 Å². The largest absolute Gasteiger partial charge is 0.396 e. The lowest BCUT2D eigenvalue weighted by Gasteiger charge is -2.22. The number of hydrogen-bond acceptors (Lipinski definition) is 2. The summed E-state index contributed by atoms with van der Waals surface area (Å²) in [4.78, 5) is 0. The van der Waals surface area contributed by atoms with E-state index in [4.69, 9.17) is 10.8 Å². The minimum Gasteiger partial charge on any atom is -0.396 e. The van der Waals surface area contributed by atoms with Gasteiger partial charge in [0.2, 0.25) is 0 Å². The summed E-state index contributed by atoms with van der Waals surface area (Å²) in [5.74, 6) is 0.377. The van der Waals surface area contributed by atoms with E-state index in [2.05, 4.69) is 6.92 Å². The molecule has 2 heteroatoms. The van der Waals surface area contributed by atoms with Crippen LogP contribution >= 0.6 is 0 Å². The van der Waals surface area contributed by atoms with Gasteiger partial charge in [-0.05, 0) is 17.9 Å². The van der Waals surface area contributed by atoms with Crippen molar-refractivity contribution in [3.8, 4) is 0 Å². The Morgan fingerprint density at radius 2 is 1.93 bits per heavy atom. The average Bonchev–Trinajstić information content (AvgIpc) is 2.26. The van der Waals surface area contributed by atoms with Gasteiger partial charge in [0, 0.05) is 12.6 Å². The van der Waals surface area contributed by atoms with Crippen LogP contribution < -0.4 is 5.73 Å². The monoisotopic (exact) mass is 193 g/mol. The molecule has 0 fully saturated rings. The highest BCUT2D eigenvalue weighted by Gasteiger charge is 2.16. The zero-order valence-electron chi connectivity index (χ0n) is 8.69. The zero-order chi connectivity index (χ0) is 10.4. The van der Waals surface area contributed by atoms with Crippen LogP contribution in [0.25, 0.3) is 0 Å². The predicted octanol–water partition coefficient (Wildman–Crippen LogP) is 2.09. The summed E-state index contributed by atoms with van der Waals surface area (Å²) in [6, 6.07) is 10.1. The Kier molecular flexibility index (Phi) is 4.63. The van der Waals surface area contributed by atoms with Gasteiger partial charge in [0.05, 0.1) is 0 Å². The molecule has 0 spiro atoms. The summed E-state index contributed by atoms with van der Waals surface area (Å²) >= 11 is 0. The first-order valence-electron chi connectivity index (χ1n) is 5.21. The molecule has 0 saturated carbocycles. The molecule has 2 nitrogen and oxygen atoms in total. The molecular weight excluding hydrogens is 174 g/mol. The van der Waals surface area contributed by atoms with Crippen LogP contribution in [0.3, 0.4) is 0 Å². The Morgan fingerprint density at radius 1 is 1.29 bits per heavy atom. The first-order chi connectivity index (χ1) is 6.79. The van der Waals surface area contributed by atoms with E-state index in [0.29, 0.717) is 5.92 Å². The minimum atomic E-state index is 0.0494. The van der Waals surface area contributed by atoms with E-state index in [1.807, 2.05) is 30.3 Å². The molecule has 1 aromatic rings. The number of rotatable bonds is 5. The van der Waals surface area contributed by atoms with E-state index in [-0.39, 0.29) is 12.6 Å². The van der Waals surface area contributed by atoms with Crippen molar-refractivity contribution in [2.45, 2.75) is 25.8 Å². The molecule has 0 aliphatic carbocycles. The highest BCUT2D eigenvalue weighted by Crippen LogP contribution is 2.24. The van der Waals surface area contributed by atoms with Gasteiger partial charge in [-0.25, -0.2) is 0 Å². The number of aliphatic hydroxyl groups excluding tert-OH is 1. The standard InChI is InChI=1S/C12H19NO/c1-2-10(8-9-14)12(13)11-6-4-3-5-7-11/h3-7,10,12,14H,2,8-9,13H2,1H3/t10-,12-/m1/s1. The molecule has 0 aliphatic rings. The van der Waals surface area contributed by atoms with Crippen molar-refractivity contribution >= 4 is 0 Å². The fourth-order valence-electron chi connectivity index (χ4n) is 1.75. The van der Waals surface area contributed by atoms with Crippen molar-refractivity contribution in [2.24, 2.45) is 11.7 Å². The molecular formula is C12H19NO. The van der Waals surface area contributed by atoms with Gasteiger partial charge in [-0.15, -0.1) is 0 Å².